The number of nitrogens with zero attached hydrogens (tertiary/aromatic N) is 4. The molecule has 4 atom stereocenters. The summed E-state index contributed by atoms with van der Waals surface area (Å²) in [6.07, 6.45) is 3.13. The zero-order valence-corrected chi connectivity index (χ0v) is 22.8. The van der Waals surface area contributed by atoms with Crippen molar-refractivity contribution in [2.45, 2.75) is 83.8 Å². The number of esters is 1. The van der Waals surface area contributed by atoms with Gasteiger partial charge in [0.2, 0.25) is 5.91 Å². The largest absolute Gasteiger partial charge is 0.469 e. The Morgan fingerprint density at radius 3 is 2.34 bits per heavy atom. The van der Waals surface area contributed by atoms with Gasteiger partial charge >= 0.3 is 5.97 Å². The molecule has 0 aromatic carbocycles. The van der Waals surface area contributed by atoms with E-state index in [2.05, 4.69) is 29.4 Å². The number of methoxy groups -OCH3 is 1. The molecule has 9 nitrogen and oxygen atoms in total. The average molecular weight is 490 g/mol. The van der Waals surface area contributed by atoms with Crippen molar-refractivity contribution in [1.82, 2.24) is 24.9 Å². The molecule has 2 aliphatic rings. The SMILES string of the molecule is COC(=O)C(C)(C)[C@H]1C[C@H](N(C)C)CC[C@@H]1N1CCC(NC(=O)c2cc(C(C)(C)C)nn2C)C1=O. The zero-order valence-electron chi connectivity index (χ0n) is 22.8. The van der Waals surface area contributed by atoms with E-state index in [0.717, 1.165) is 25.0 Å². The van der Waals surface area contributed by atoms with E-state index in [-0.39, 0.29) is 35.2 Å². The highest BCUT2D eigenvalue weighted by atomic mass is 16.5. The Morgan fingerprint density at radius 1 is 1.14 bits per heavy atom. The molecule has 196 valence electrons. The standard InChI is InChI=1S/C26H43N5O4/c1-25(2,3)21-15-20(30(8)28-21)22(32)27-18-12-13-31(23(18)33)19-11-10-16(29(6)7)14-17(19)26(4,5)24(34)35-9/h15-19H,10-14H2,1-9H3,(H,27,32)/t16-,17+,18?,19+/m1/s1. The Hall–Kier alpha value is -2.42. The lowest BCUT2D eigenvalue weighted by Crippen LogP contribution is -2.55. The van der Waals surface area contributed by atoms with Gasteiger partial charge < -0.3 is 19.9 Å². The van der Waals surface area contributed by atoms with Gasteiger partial charge in [0.25, 0.3) is 5.91 Å². The number of likely N-dealkylation sites (tertiary alicyclic amines) is 1. The number of aryl methyl sites for hydroxylation is 1. The van der Waals surface area contributed by atoms with E-state index >= 15 is 0 Å². The third kappa shape index (κ3) is 5.39. The molecule has 2 fully saturated rings. The molecular weight excluding hydrogens is 446 g/mol. The van der Waals surface area contributed by atoms with Crippen LogP contribution < -0.4 is 5.32 Å². The van der Waals surface area contributed by atoms with Crippen LogP contribution in [0.1, 0.15) is 76.5 Å². The number of carbonyl (C=O) groups is 3. The van der Waals surface area contributed by atoms with Crippen LogP contribution in [0.25, 0.3) is 0 Å². The number of amides is 2. The Kier molecular flexibility index (Phi) is 7.70. The van der Waals surface area contributed by atoms with Gasteiger partial charge in [-0.15, -0.1) is 0 Å². The second kappa shape index (κ2) is 9.91. The molecule has 1 aliphatic carbocycles. The van der Waals surface area contributed by atoms with E-state index in [0.29, 0.717) is 24.7 Å². The number of rotatable bonds is 6. The van der Waals surface area contributed by atoms with Gasteiger partial charge in [-0.05, 0) is 65.6 Å². The number of aromatic nitrogens is 2. The van der Waals surface area contributed by atoms with Gasteiger partial charge in [0.1, 0.15) is 11.7 Å². The van der Waals surface area contributed by atoms with Crippen molar-refractivity contribution in [2.75, 3.05) is 27.7 Å². The maximum absolute atomic E-state index is 13.5. The van der Waals surface area contributed by atoms with Crippen molar-refractivity contribution in [1.29, 1.82) is 0 Å². The van der Waals surface area contributed by atoms with Gasteiger partial charge in [-0.1, -0.05) is 20.8 Å². The molecule has 0 radical (unpaired) electrons. The van der Waals surface area contributed by atoms with Crippen molar-refractivity contribution in [3.8, 4) is 0 Å². The summed E-state index contributed by atoms with van der Waals surface area (Å²) in [4.78, 5) is 43.4. The maximum Gasteiger partial charge on any atom is 0.311 e. The van der Waals surface area contributed by atoms with E-state index in [4.69, 9.17) is 4.74 Å². The first-order chi connectivity index (χ1) is 16.2. The summed E-state index contributed by atoms with van der Waals surface area (Å²) in [7, 11) is 7.28. The quantitative estimate of drug-likeness (QED) is 0.616. The van der Waals surface area contributed by atoms with Crippen LogP contribution in [-0.2, 0) is 26.8 Å². The second-order valence-electron chi connectivity index (χ2n) is 12.0. The van der Waals surface area contributed by atoms with Crippen molar-refractivity contribution in [2.24, 2.45) is 18.4 Å². The van der Waals surface area contributed by atoms with Crippen LogP contribution in [0.5, 0.6) is 0 Å². The summed E-state index contributed by atoms with van der Waals surface area (Å²) in [6.45, 7) is 10.5. The minimum Gasteiger partial charge on any atom is -0.469 e. The van der Waals surface area contributed by atoms with Crippen LogP contribution in [-0.4, -0.2) is 83.2 Å². The van der Waals surface area contributed by atoms with Crippen LogP contribution >= 0.6 is 0 Å². The topological polar surface area (TPSA) is 96.8 Å². The summed E-state index contributed by atoms with van der Waals surface area (Å²) in [6, 6.07) is 1.49. The normalized spacial score (nSPS) is 25.8. The van der Waals surface area contributed by atoms with Crippen LogP contribution in [0.3, 0.4) is 0 Å². The molecule has 1 aromatic heterocycles. The maximum atomic E-state index is 13.5. The fourth-order valence-electron chi connectivity index (χ4n) is 5.61. The fraction of sp³-hybridized carbons (Fsp3) is 0.769. The monoisotopic (exact) mass is 489 g/mol. The van der Waals surface area contributed by atoms with Crippen LogP contribution in [0.4, 0.5) is 0 Å². The summed E-state index contributed by atoms with van der Waals surface area (Å²) in [5, 5.41) is 7.42. The summed E-state index contributed by atoms with van der Waals surface area (Å²) < 4.78 is 6.71. The molecule has 9 heteroatoms. The Labute approximate surface area is 209 Å². The summed E-state index contributed by atoms with van der Waals surface area (Å²) >= 11 is 0. The molecule has 1 saturated heterocycles. The van der Waals surface area contributed by atoms with Crippen molar-refractivity contribution in [3.05, 3.63) is 17.5 Å². The van der Waals surface area contributed by atoms with E-state index in [9.17, 15) is 14.4 Å². The minimum absolute atomic E-state index is 0.0408. The minimum atomic E-state index is -0.728. The van der Waals surface area contributed by atoms with Crippen LogP contribution in [0, 0.1) is 11.3 Å². The van der Waals surface area contributed by atoms with Gasteiger partial charge in [0, 0.05) is 31.1 Å². The first-order valence-corrected chi connectivity index (χ1v) is 12.6. The third-order valence-electron chi connectivity index (χ3n) is 7.98. The Bertz CT molecular complexity index is 961. The first-order valence-electron chi connectivity index (χ1n) is 12.6. The number of hydrogen-bond donors (Lipinski definition) is 1. The highest BCUT2D eigenvalue weighted by molar-refractivity contribution is 5.97. The molecule has 1 N–H and O–H groups in total. The molecule has 0 bridgehead atoms. The van der Waals surface area contributed by atoms with Crippen LogP contribution in [0.15, 0.2) is 6.07 Å². The molecule has 3 rings (SSSR count). The van der Waals surface area contributed by atoms with E-state index in [1.165, 1.54) is 7.11 Å². The van der Waals surface area contributed by atoms with Crippen molar-refractivity contribution >= 4 is 17.8 Å². The molecule has 35 heavy (non-hydrogen) atoms. The lowest BCUT2D eigenvalue weighted by Gasteiger charge is -2.48. The fourth-order valence-corrected chi connectivity index (χ4v) is 5.61. The molecule has 1 aromatic rings. The van der Waals surface area contributed by atoms with Gasteiger partial charge in [0.05, 0.1) is 18.2 Å². The number of hydrogen-bond acceptors (Lipinski definition) is 6. The van der Waals surface area contributed by atoms with Crippen molar-refractivity contribution < 1.29 is 19.1 Å². The molecule has 1 aliphatic heterocycles. The predicted octanol–water partition coefficient (Wildman–Crippen LogP) is 2.35. The smallest absolute Gasteiger partial charge is 0.311 e. The van der Waals surface area contributed by atoms with Gasteiger partial charge in [0.15, 0.2) is 0 Å². The highest BCUT2D eigenvalue weighted by Crippen LogP contribution is 2.43. The lowest BCUT2D eigenvalue weighted by molar-refractivity contribution is -0.159. The second-order valence-corrected chi connectivity index (χ2v) is 12.0. The Balaban J connectivity index is 1.78. The molecule has 1 unspecified atom stereocenters. The van der Waals surface area contributed by atoms with Crippen LogP contribution in [0.2, 0.25) is 0 Å². The van der Waals surface area contributed by atoms with Gasteiger partial charge in [-0.3, -0.25) is 19.1 Å². The Morgan fingerprint density at radius 2 is 1.80 bits per heavy atom. The number of ether oxygens (including phenoxy) is 1. The predicted molar refractivity (Wildman–Crippen MR) is 134 cm³/mol. The first kappa shape index (κ1) is 27.2. The molecule has 1 saturated carbocycles. The summed E-state index contributed by atoms with van der Waals surface area (Å²) in [5.41, 5.74) is 0.365. The van der Waals surface area contributed by atoms with Gasteiger partial charge in [-0.2, -0.15) is 5.10 Å². The molecule has 2 heterocycles. The van der Waals surface area contributed by atoms with Gasteiger partial charge in [-0.25, -0.2) is 0 Å². The van der Waals surface area contributed by atoms with E-state index in [1.807, 2.05) is 39.5 Å². The van der Waals surface area contributed by atoms with E-state index in [1.54, 1.807) is 17.8 Å². The molecular formula is C26H43N5O4. The third-order valence-corrected chi connectivity index (χ3v) is 7.98. The van der Waals surface area contributed by atoms with Crippen molar-refractivity contribution in [3.63, 3.8) is 0 Å². The van der Waals surface area contributed by atoms with E-state index < -0.39 is 11.5 Å². The highest BCUT2D eigenvalue weighted by Gasteiger charge is 2.50. The summed E-state index contributed by atoms with van der Waals surface area (Å²) in [5.74, 6) is -0.663. The number of nitrogens with one attached hydrogen (secondary N) is 1. The molecule has 0 spiro atoms. The molecule has 2 amide bonds. The zero-order chi connectivity index (χ0) is 26.3. The average Bonchev–Trinajstić information content (AvgIpc) is 3.35. The lowest BCUT2D eigenvalue weighted by atomic mass is 9.66. The number of carbonyl (C=O) groups excluding carboxylic acids is 3.